The molecule has 0 aliphatic carbocycles. The third-order valence-electron chi connectivity index (χ3n) is 5.36. The molecule has 0 spiro atoms. The van der Waals surface area contributed by atoms with Crippen molar-refractivity contribution in [2.75, 3.05) is 22.9 Å². The number of hydrogen-bond donors (Lipinski definition) is 0. The van der Waals surface area contributed by atoms with Gasteiger partial charge in [-0.25, -0.2) is 4.68 Å². The van der Waals surface area contributed by atoms with Gasteiger partial charge in [0.1, 0.15) is 10.8 Å². The SMILES string of the molecule is Cn1ncc(N2CC3CC(C2)N3c2ccc3nnc(C(F)(F)F)n3n2)c(Cl)c1=O. The predicted molar refractivity (Wildman–Crippen MR) is 97.2 cm³/mol. The minimum Gasteiger partial charge on any atom is -0.365 e. The lowest BCUT2D eigenvalue weighted by molar-refractivity contribution is -0.146. The van der Waals surface area contributed by atoms with E-state index in [2.05, 4.69) is 20.4 Å². The predicted octanol–water partition coefficient (Wildman–Crippen LogP) is 1.36. The van der Waals surface area contributed by atoms with Crippen LogP contribution in [0.2, 0.25) is 5.02 Å². The first kappa shape index (κ1) is 18.2. The molecule has 3 saturated heterocycles. The number of alkyl halides is 3. The highest BCUT2D eigenvalue weighted by atomic mass is 35.5. The first-order valence-electron chi connectivity index (χ1n) is 8.79. The number of hydrogen-bond acceptors (Lipinski definition) is 7. The van der Waals surface area contributed by atoms with Gasteiger partial charge in [-0.15, -0.1) is 15.3 Å². The van der Waals surface area contributed by atoms with Gasteiger partial charge in [0.25, 0.3) is 11.4 Å². The molecule has 0 saturated carbocycles. The van der Waals surface area contributed by atoms with Crippen molar-refractivity contribution in [3.8, 4) is 0 Å². The number of rotatable bonds is 2. The zero-order chi connectivity index (χ0) is 20.5. The van der Waals surface area contributed by atoms with Crippen molar-refractivity contribution >= 4 is 28.8 Å². The van der Waals surface area contributed by atoms with Crippen molar-refractivity contribution in [3.05, 3.63) is 39.5 Å². The third kappa shape index (κ3) is 2.73. The highest BCUT2D eigenvalue weighted by molar-refractivity contribution is 6.33. The molecular formula is C16H14ClF3N8O. The van der Waals surface area contributed by atoms with Gasteiger partial charge in [-0.3, -0.25) is 4.79 Å². The Bertz CT molecular complexity index is 1160. The van der Waals surface area contributed by atoms with Gasteiger partial charge in [0.05, 0.1) is 24.0 Å². The lowest BCUT2D eigenvalue weighted by atomic mass is 9.87. The average molecular weight is 427 g/mol. The van der Waals surface area contributed by atoms with Gasteiger partial charge in [-0.1, -0.05) is 11.6 Å². The fourth-order valence-corrected chi connectivity index (χ4v) is 4.29. The summed E-state index contributed by atoms with van der Waals surface area (Å²) >= 11 is 6.20. The normalized spacial score (nSPS) is 21.6. The Hall–Kier alpha value is -2.89. The van der Waals surface area contributed by atoms with Crippen molar-refractivity contribution in [2.24, 2.45) is 7.05 Å². The zero-order valence-corrected chi connectivity index (χ0v) is 15.8. The van der Waals surface area contributed by atoms with Gasteiger partial charge in [0, 0.05) is 20.1 Å². The van der Waals surface area contributed by atoms with E-state index < -0.39 is 12.0 Å². The molecule has 9 nitrogen and oxygen atoms in total. The van der Waals surface area contributed by atoms with Gasteiger partial charge in [0.2, 0.25) is 0 Å². The summed E-state index contributed by atoms with van der Waals surface area (Å²) in [5, 5.41) is 15.0. The maximum absolute atomic E-state index is 13.1. The van der Waals surface area contributed by atoms with Crippen LogP contribution in [0.4, 0.5) is 24.7 Å². The quantitative estimate of drug-likeness (QED) is 0.611. The number of piperidine rings is 1. The average Bonchev–Trinajstić information content (AvgIpc) is 3.10. The number of halogens is 4. The standard InChI is InChI=1S/C16H14ClF3N8O/c1-25-14(29)13(17)10(5-21-25)26-6-8-4-9(7-26)27(8)12-3-2-11-22-23-15(16(18,19)20)28(11)24-12/h2-3,5,8-9H,4,6-7H2,1H3. The summed E-state index contributed by atoms with van der Waals surface area (Å²) in [4.78, 5) is 16.0. The molecule has 152 valence electrons. The van der Waals surface area contributed by atoms with Gasteiger partial charge in [0.15, 0.2) is 5.65 Å². The summed E-state index contributed by atoms with van der Waals surface area (Å²) in [7, 11) is 1.52. The molecule has 3 aromatic heterocycles. The van der Waals surface area contributed by atoms with Gasteiger partial charge in [-0.2, -0.15) is 22.8 Å². The topological polar surface area (TPSA) is 84.5 Å². The first-order chi connectivity index (χ1) is 13.7. The number of aryl methyl sites for hydroxylation is 1. The Labute approximate surface area is 166 Å². The number of nitrogens with zero attached hydrogens (tertiary/aromatic N) is 8. The van der Waals surface area contributed by atoms with Crippen molar-refractivity contribution in [1.82, 2.24) is 29.6 Å². The molecule has 3 aliphatic heterocycles. The summed E-state index contributed by atoms with van der Waals surface area (Å²) in [5.74, 6) is -0.725. The van der Waals surface area contributed by atoms with Crippen LogP contribution < -0.4 is 15.4 Å². The Kier molecular flexibility index (Phi) is 3.79. The van der Waals surface area contributed by atoms with Gasteiger partial charge in [-0.05, 0) is 18.6 Å². The number of aromatic nitrogens is 6. The zero-order valence-electron chi connectivity index (χ0n) is 15.0. The van der Waals surface area contributed by atoms with Crippen LogP contribution in [0.1, 0.15) is 12.2 Å². The lowest BCUT2D eigenvalue weighted by Crippen LogP contribution is -2.69. The van der Waals surface area contributed by atoms with E-state index in [0.29, 0.717) is 24.6 Å². The molecule has 3 aromatic rings. The second-order valence-electron chi connectivity index (χ2n) is 7.11. The Morgan fingerprint density at radius 3 is 2.59 bits per heavy atom. The number of piperazine rings is 1. The molecule has 3 aliphatic rings. The Morgan fingerprint density at radius 1 is 1.17 bits per heavy atom. The fourth-order valence-electron chi connectivity index (χ4n) is 4.00. The van der Waals surface area contributed by atoms with E-state index in [-0.39, 0.29) is 28.3 Å². The van der Waals surface area contributed by atoms with E-state index in [9.17, 15) is 18.0 Å². The Balaban J connectivity index is 1.43. The summed E-state index contributed by atoms with van der Waals surface area (Å²) in [6.07, 6.45) is -2.22. The molecule has 2 bridgehead atoms. The maximum Gasteiger partial charge on any atom is 0.453 e. The monoisotopic (exact) mass is 426 g/mol. The second kappa shape index (κ2) is 6.05. The summed E-state index contributed by atoms with van der Waals surface area (Å²) in [6, 6.07) is 3.18. The van der Waals surface area contributed by atoms with Crippen LogP contribution in [0.25, 0.3) is 5.65 Å². The molecule has 13 heteroatoms. The van der Waals surface area contributed by atoms with Crippen LogP contribution in [-0.2, 0) is 13.2 Å². The molecular weight excluding hydrogens is 413 g/mol. The summed E-state index contributed by atoms with van der Waals surface area (Å²) in [5.41, 5.74) is 0.219. The van der Waals surface area contributed by atoms with E-state index >= 15 is 0 Å². The van der Waals surface area contributed by atoms with Crippen molar-refractivity contribution in [1.29, 1.82) is 0 Å². The highest BCUT2D eigenvalue weighted by Crippen LogP contribution is 2.39. The molecule has 2 atom stereocenters. The van der Waals surface area contributed by atoms with Crippen LogP contribution in [-0.4, -0.2) is 54.8 Å². The van der Waals surface area contributed by atoms with E-state index in [0.717, 1.165) is 10.9 Å². The molecule has 6 rings (SSSR count). The number of anilines is 2. The molecule has 2 unspecified atom stereocenters. The fraction of sp³-hybridized carbons (Fsp3) is 0.438. The lowest BCUT2D eigenvalue weighted by Gasteiger charge is -2.57. The van der Waals surface area contributed by atoms with E-state index in [1.54, 1.807) is 12.3 Å². The van der Waals surface area contributed by atoms with E-state index in [1.165, 1.54) is 17.8 Å². The van der Waals surface area contributed by atoms with E-state index in [1.807, 2.05) is 9.80 Å². The van der Waals surface area contributed by atoms with Crippen molar-refractivity contribution in [3.63, 3.8) is 0 Å². The molecule has 29 heavy (non-hydrogen) atoms. The highest BCUT2D eigenvalue weighted by Gasteiger charge is 2.46. The first-order valence-corrected chi connectivity index (χ1v) is 9.16. The Morgan fingerprint density at radius 2 is 1.90 bits per heavy atom. The van der Waals surface area contributed by atoms with E-state index in [4.69, 9.17) is 11.6 Å². The van der Waals surface area contributed by atoms with Crippen LogP contribution in [0.15, 0.2) is 23.1 Å². The minimum atomic E-state index is -4.64. The molecule has 0 amide bonds. The largest absolute Gasteiger partial charge is 0.453 e. The van der Waals surface area contributed by atoms with Gasteiger partial charge >= 0.3 is 6.18 Å². The molecule has 0 N–H and O–H groups in total. The smallest absolute Gasteiger partial charge is 0.365 e. The van der Waals surface area contributed by atoms with Crippen LogP contribution >= 0.6 is 11.6 Å². The van der Waals surface area contributed by atoms with Crippen LogP contribution in [0.5, 0.6) is 0 Å². The molecule has 0 radical (unpaired) electrons. The molecule has 0 aromatic carbocycles. The van der Waals surface area contributed by atoms with Crippen molar-refractivity contribution < 1.29 is 13.2 Å². The molecule has 6 heterocycles. The van der Waals surface area contributed by atoms with Gasteiger partial charge < -0.3 is 9.80 Å². The minimum absolute atomic E-state index is 0.0321. The van der Waals surface area contributed by atoms with Crippen LogP contribution in [0.3, 0.4) is 0 Å². The number of fused-ring (bicyclic) bond motifs is 3. The van der Waals surface area contributed by atoms with Crippen molar-refractivity contribution in [2.45, 2.75) is 24.7 Å². The summed E-state index contributed by atoms with van der Waals surface area (Å²) < 4.78 is 41.2. The maximum atomic E-state index is 13.1. The summed E-state index contributed by atoms with van der Waals surface area (Å²) in [6.45, 7) is 1.11. The third-order valence-corrected chi connectivity index (χ3v) is 5.72. The molecule has 3 fully saturated rings. The second-order valence-corrected chi connectivity index (χ2v) is 7.49. The van der Waals surface area contributed by atoms with Crippen LogP contribution in [0, 0.1) is 0 Å².